The summed E-state index contributed by atoms with van der Waals surface area (Å²) in [4.78, 5) is 0.620. The van der Waals surface area contributed by atoms with Crippen LogP contribution in [0.3, 0.4) is 0 Å². The number of ether oxygens (including phenoxy) is 2. The lowest BCUT2D eigenvalue weighted by atomic mass is 10.1. The third kappa shape index (κ3) is 6.10. The maximum Gasteiger partial charge on any atom is 0.161 e. The first-order chi connectivity index (χ1) is 14.1. The minimum Gasteiger partial charge on any atom is -0.490 e. The summed E-state index contributed by atoms with van der Waals surface area (Å²) in [6.45, 7) is 3.44. The first-order valence-corrected chi connectivity index (χ1v) is 10.4. The molecule has 3 rings (SSSR count). The fourth-order valence-corrected chi connectivity index (χ4v) is 3.23. The number of hydrogen-bond acceptors (Lipinski definition) is 3. The fraction of sp³-hybridized carbons (Fsp3) is 0.174. The van der Waals surface area contributed by atoms with Crippen LogP contribution in [-0.4, -0.2) is 11.6 Å². The molecule has 29 heavy (non-hydrogen) atoms. The van der Waals surface area contributed by atoms with Crippen LogP contribution in [0.5, 0.6) is 11.5 Å². The number of benzene rings is 3. The Morgan fingerprint density at radius 2 is 1.69 bits per heavy atom. The van der Waals surface area contributed by atoms with Crippen molar-refractivity contribution in [2.75, 3.05) is 6.61 Å². The average molecular weight is 446 g/mol. The molecule has 0 spiro atoms. The highest BCUT2D eigenvalue weighted by molar-refractivity contribution is 7.80. The van der Waals surface area contributed by atoms with Crippen molar-refractivity contribution in [2.45, 2.75) is 20.1 Å². The van der Waals surface area contributed by atoms with Gasteiger partial charge in [-0.25, -0.2) is 0 Å². The van der Waals surface area contributed by atoms with Crippen molar-refractivity contribution in [3.63, 3.8) is 0 Å². The van der Waals surface area contributed by atoms with E-state index in [0.29, 0.717) is 46.3 Å². The van der Waals surface area contributed by atoms with Gasteiger partial charge in [0, 0.05) is 22.2 Å². The van der Waals surface area contributed by atoms with Gasteiger partial charge in [0.05, 0.1) is 6.61 Å². The van der Waals surface area contributed by atoms with Crippen molar-refractivity contribution < 1.29 is 9.47 Å². The van der Waals surface area contributed by atoms with E-state index in [1.54, 1.807) is 0 Å². The summed E-state index contributed by atoms with van der Waals surface area (Å²) < 4.78 is 11.7. The Morgan fingerprint density at radius 3 is 2.41 bits per heavy atom. The van der Waals surface area contributed by atoms with Crippen LogP contribution in [0.4, 0.5) is 0 Å². The van der Waals surface area contributed by atoms with E-state index in [0.717, 1.165) is 16.7 Å². The van der Waals surface area contributed by atoms with E-state index in [1.807, 2.05) is 73.7 Å². The van der Waals surface area contributed by atoms with Gasteiger partial charge in [-0.2, -0.15) is 0 Å². The Morgan fingerprint density at radius 1 is 0.931 bits per heavy atom. The van der Waals surface area contributed by atoms with Gasteiger partial charge in [0.15, 0.2) is 11.5 Å². The van der Waals surface area contributed by atoms with Crippen LogP contribution >= 0.6 is 35.4 Å². The highest BCUT2D eigenvalue weighted by Gasteiger charge is 2.10. The van der Waals surface area contributed by atoms with Crippen LogP contribution in [0.2, 0.25) is 10.0 Å². The predicted molar refractivity (Wildman–Crippen MR) is 123 cm³/mol. The number of halogens is 2. The van der Waals surface area contributed by atoms with Crippen molar-refractivity contribution in [3.8, 4) is 11.5 Å². The minimum absolute atomic E-state index is 0.422. The van der Waals surface area contributed by atoms with Crippen LogP contribution < -0.4 is 14.8 Å². The summed E-state index contributed by atoms with van der Waals surface area (Å²) in [5.74, 6) is 1.32. The topological polar surface area (TPSA) is 30.5 Å². The zero-order valence-corrected chi connectivity index (χ0v) is 18.3. The monoisotopic (exact) mass is 445 g/mol. The second-order valence-corrected chi connectivity index (χ2v) is 7.54. The maximum absolute atomic E-state index is 6.21. The molecule has 150 valence electrons. The molecule has 0 fully saturated rings. The quantitative estimate of drug-likeness (QED) is 0.404. The van der Waals surface area contributed by atoms with Gasteiger partial charge in [0.1, 0.15) is 11.6 Å². The zero-order valence-electron chi connectivity index (χ0n) is 16.0. The Balaban J connectivity index is 1.68. The molecule has 0 amide bonds. The average Bonchev–Trinajstić information content (AvgIpc) is 2.73. The summed E-state index contributed by atoms with van der Waals surface area (Å²) >= 11 is 17.7. The van der Waals surface area contributed by atoms with Crippen molar-refractivity contribution in [3.05, 3.63) is 93.5 Å². The molecule has 0 heterocycles. The number of nitrogens with one attached hydrogen (secondary N) is 1. The third-order valence-corrected chi connectivity index (χ3v) is 5.21. The van der Waals surface area contributed by atoms with Gasteiger partial charge in [0.25, 0.3) is 0 Å². The summed E-state index contributed by atoms with van der Waals surface area (Å²) in [6.07, 6.45) is 0. The van der Waals surface area contributed by atoms with E-state index in [9.17, 15) is 0 Å². The Kier molecular flexibility index (Phi) is 7.76. The van der Waals surface area contributed by atoms with Crippen molar-refractivity contribution in [2.24, 2.45) is 0 Å². The van der Waals surface area contributed by atoms with E-state index >= 15 is 0 Å². The molecule has 1 N–H and O–H groups in total. The summed E-state index contributed by atoms with van der Waals surface area (Å²) in [5, 5.41) is 4.66. The summed E-state index contributed by atoms with van der Waals surface area (Å²) in [6, 6.07) is 20.9. The van der Waals surface area contributed by atoms with E-state index in [-0.39, 0.29) is 0 Å². The van der Waals surface area contributed by atoms with Gasteiger partial charge in [-0.15, -0.1) is 0 Å². The molecular weight excluding hydrogens is 425 g/mol. The number of rotatable bonds is 8. The SMILES string of the molecule is CCOc1cc(C(=S)NCc2ccccc2Cl)ccc1OCc1ccc(Cl)cc1. The fourth-order valence-electron chi connectivity index (χ4n) is 2.70. The van der Waals surface area contributed by atoms with E-state index in [4.69, 9.17) is 44.9 Å². The molecule has 0 aliphatic heterocycles. The van der Waals surface area contributed by atoms with Crippen LogP contribution in [0.1, 0.15) is 23.6 Å². The Hall–Kier alpha value is -2.27. The molecule has 0 bridgehead atoms. The molecule has 0 radical (unpaired) electrons. The predicted octanol–water partition coefficient (Wildman–Crippen LogP) is 6.44. The van der Waals surface area contributed by atoms with Gasteiger partial charge in [0.2, 0.25) is 0 Å². The largest absolute Gasteiger partial charge is 0.490 e. The van der Waals surface area contributed by atoms with Crippen LogP contribution in [0.25, 0.3) is 0 Å². The second-order valence-electron chi connectivity index (χ2n) is 6.28. The normalized spacial score (nSPS) is 10.4. The van der Waals surface area contributed by atoms with E-state index in [1.165, 1.54) is 0 Å². The van der Waals surface area contributed by atoms with Crippen molar-refractivity contribution >= 4 is 40.4 Å². The molecule has 3 aromatic rings. The van der Waals surface area contributed by atoms with Gasteiger partial charge < -0.3 is 14.8 Å². The molecule has 0 aliphatic carbocycles. The van der Waals surface area contributed by atoms with Crippen LogP contribution in [-0.2, 0) is 13.2 Å². The molecule has 0 unspecified atom stereocenters. The molecule has 6 heteroatoms. The van der Waals surface area contributed by atoms with E-state index in [2.05, 4.69) is 5.32 Å². The van der Waals surface area contributed by atoms with Crippen molar-refractivity contribution in [1.29, 1.82) is 0 Å². The Bertz CT molecular complexity index is 977. The summed E-state index contributed by atoms with van der Waals surface area (Å²) in [5.41, 5.74) is 2.87. The van der Waals surface area contributed by atoms with Gasteiger partial charge >= 0.3 is 0 Å². The number of hydrogen-bond donors (Lipinski definition) is 1. The lowest BCUT2D eigenvalue weighted by molar-refractivity contribution is 0.269. The van der Waals surface area contributed by atoms with Gasteiger partial charge in [-0.1, -0.05) is 65.8 Å². The van der Waals surface area contributed by atoms with Gasteiger partial charge in [-0.3, -0.25) is 0 Å². The highest BCUT2D eigenvalue weighted by atomic mass is 35.5. The molecule has 3 nitrogen and oxygen atoms in total. The van der Waals surface area contributed by atoms with Gasteiger partial charge in [-0.05, 0) is 54.4 Å². The lowest BCUT2D eigenvalue weighted by Gasteiger charge is -2.15. The molecule has 0 saturated heterocycles. The van der Waals surface area contributed by atoms with Crippen molar-refractivity contribution in [1.82, 2.24) is 5.32 Å². The molecule has 0 aromatic heterocycles. The third-order valence-electron chi connectivity index (χ3n) is 4.21. The zero-order chi connectivity index (χ0) is 20.6. The second kappa shape index (κ2) is 10.5. The first-order valence-electron chi connectivity index (χ1n) is 9.22. The molecule has 0 saturated carbocycles. The van der Waals surface area contributed by atoms with Crippen LogP contribution in [0, 0.1) is 0 Å². The minimum atomic E-state index is 0.422. The highest BCUT2D eigenvalue weighted by Crippen LogP contribution is 2.29. The standard InChI is InChI=1S/C23H21Cl2NO2S/c1-2-27-22-13-17(23(29)26-14-18-5-3-4-6-20(18)25)9-12-21(22)28-15-16-7-10-19(24)11-8-16/h3-13H,2,14-15H2,1H3,(H,26,29). The Labute approximate surface area is 186 Å². The molecule has 3 aromatic carbocycles. The first kappa shape index (κ1) is 21.4. The molecule has 0 aliphatic rings. The lowest BCUT2D eigenvalue weighted by Crippen LogP contribution is -2.22. The number of thiocarbonyl (C=S) groups is 1. The maximum atomic E-state index is 6.21. The van der Waals surface area contributed by atoms with Crippen LogP contribution in [0.15, 0.2) is 66.7 Å². The van der Waals surface area contributed by atoms with E-state index < -0.39 is 0 Å². The smallest absolute Gasteiger partial charge is 0.161 e. The molecular formula is C23H21Cl2NO2S. The summed E-state index contributed by atoms with van der Waals surface area (Å²) in [7, 11) is 0. The molecule has 0 atom stereocenters.